The van der Waals surface area contributed by atoms with Gasteiger partial charge in [0.2, 0.25) is 5.79 Å². The summed E-state index contributed by atoms with van der Waals surface area (Å²) in [5.74, 6) is -2.43. The van der Waals surface area contributed by atoms with E-state index in [2.05, 4.69) is 6.92 Å². The number of unbranched alkanes of at least 4 members (excludes halogenated alkanes) is 14. The van der Waals surface area contributed by atoms with Crippen LogP contribution in [0.25, 0.3) is 0 Å². The number of aliphatic hydroxyl groups is 3. The van der Waals surface area contributed by atoms with Gasteiger partial charge in [-0.3, -0.25) is 4.79 Å². The zero-order chi connectivity index (χ0) is 22.1. The molecule has 178 valence electrons. The minimum Gasteiger partial charge on any atom is -0.430 e. The maximum atomic E-state index is 12.0. The van der Waals surface area contributed by atoms with E-state index in [1.165, 1.54) is 77.0 Å². The predicted molar refractivity (Wildman–Crippen MR) is 121 cm³/mol. The molecule has 30 heavy (non-hydrogen) atoms. The van der Waals surface area contributed by atoms with Crippen LogP contribution >= 0.6 is 0 Å². The predicted octanol–water partition coefficient (Wildman–Crippen LogP) is 5.78. The van der Waals surface area contributed by atoms with Crippen molar-refractivity contribution in [3.8, 4) is 0 Å². The van der Waals surface area contributed by atoms with Crippen molar-refractivity contribution < 1.29 is 24.9 Å². The topological polar surface area (TPSA) is 87.0 Å². The lowest BCUT2D eigenvalue weighted by atomic mass is 10.0. The van der Waals surface area contributed by atoms with Crippen LogP contribution in [0, 0.1) is 0 Å². The largest absolute Gasteiger partial charge is 0.430 e. The van der Waals surface area contributed by atoms with Gasteiger partial charge >= 0.3 is 5.97 Å². The van der Waals surface area contributed by atoms with E-state index in [-0.39, 0.29) is 12.8 Å². The summed E-state index contributed by atoms with van der Waals surface area (Å²) in [4.78, 5) is 12.0. The average Bonchev–Trinajstić information content (AvgIpc) is 2.84. The molecular formula is C25H48O5. The molecule has 0 saturated heterocycles. The Labute approximate surface area is 184 Å². The second kappa shape index (κ2) is 17.0. The molecule has 0 spiro atoms. The summed E-state index contributed by atoms with van der Waals surface area (Å²) >= 11 is 0. The molecule has 0 amide bonds. The Morgan fingerprint density at radius 1 is 0.800 bits per heavy atom. The monoisotopic (exact) mass is 428 g/mol. The van der Waals surface area contributed by atoms with E-state index < -0.39 is 24.0 Å². The molecule has 0 aromatic carbocycles. The Morgan fingerprint density at radius 2 is 1.27 bits per heavy atom. The van der Waals surface area contributed by atoms with Crippen LogP contribution in [0.1, 0.15) is 135 Å². The number of hydrogen-bond acceptors (Lipinski definition) is 5. The number of carbonyl (C=O) groups excluding carboxylic acids is 1. The molecule has 1 aliphatic carbocycles. The lowest BCUT2D eigenvalue weighted by Crippen LogP contribution is -2.51. The van der Waals surface area contributed by atoms with Crippen molar-refractivity contribution in [1.82, 2.24) is 0 Å². The Morgan fingerprint density at radius 3 is 1.77 bits per heavy atom. The van der Waals surface area contributed by atoms with Crippen LogP contribution in [0.2, 0.25) is 0 Å². The summed E-state index contributed by atoms with van der Waals surface area (Å²) in [6, 6.07) is 0. The van der Waals surface area contributed by atoms with Gasteiger partial charge in [0.1, 0.15) is 6.10 Å². The lowest BCUT2D eigenvalue weighted by molar-refractivity contribution is -0.262. The van der Waals surface area contributed by atoms with Gasteiger partial charge in [-0.05, 0) is 19.3 Å². The van der Waals surface area contributed by atoms with Crippen LogP contribution in [0.4, 0.5) is 0 Å². The van der Waals surface area contributed by atoms with E-state index in [1.54, 1.807) is 0 Å². The van der Waals surface area contributed by atoms with Gasteiger partial charge in [0.15, 0.2) is 0 Å². The highest BCUT2D eigenvalue weighted by molar-refractivity contribution is 5.69. The van der Waals surface area contributed by atoms with Crippen LogP contribution < -0.4 is 0 Å². The quantitative estimate of drug-likeness (QED) is 0.118. The second-order valence-electron chi connectivity index (χ2n) is 9.28. The van der Waals surface area contributed by atoms with Crippen molar-refractivity contribution in [2.45, 2.75) is 153 Å². The van der Waals surface area contributed by atoms with Crippen molar-refractivity contribution in [3.63, 3.8) is 0 Å². The Bertz CT molecular complexity index is 428. The fourth-order valence-corrected chi connectivity index (χ4v) is 4.34. The average molecular weight is 429 g/mol. The molecule has 1 fully saturated rings. The third-order valence-corrected chi connectivity index (χ3v) is 6.39. The van der Waals surface area contributed by atoms with E-state index in [4.69, 9.17) is 4.74 Å². The SMILES string of the molecule is CCCCCCCCCCCCCCCCCC(=O)OC1(O)CCCCC(O)C1O. The van der Waals surface area contributed by atoms with E-state index in [1.807, 2.05) is 0 Å². The lowest BCUT2D eigenvalue weighted by Gasteiger charge is -2.32. The van der Waals surface area contributed by atoms with Crippen molar-refractivity contribution >= 4 is 5.97 Å². The maximum absolute atomic E-state index is 12.0. The van der Waals surface area contributed by atoms with Crippen LogP contribution in [0.15, 0.2) is 0 Å². The third kappa shape index (κ3) is 12.3. The van der Waals surface area contributed by atoms with E-state index in [9.17, 15) is 20.1 Å². The first kappa shape index (κ1) is 27.4. The molecule has 3 atom stereocenters. The van der Waals surface area contributed by atoms with Gasteiger partial charge in [0.25, 0.3) is 0 Å². The van der Waals surface area contributed by atoms with Crippen molar-refractivity contribution in [3.05, 3.63) is 0 Å². The molecule has 0 aromatic heterocycles. The molecule has 0 radical (unpaired) electrons. The Balaban J connectivity index is 1.93. The normalized spacial score (nSPS) is 24.5. The molecule has 5 heteroatoms. The molecule has 3 N–H and O–H groups in total. The molecule has 1 saturated carbocycles. The Kier molecular flexibility index (Phi) is 15.5. The fourth-order valence-electron chi connectivity index (χ4n) is 4.34. The van der Waals surface area contributed by atoms with Gasteiger partial charge in [0, 0.05) is 12.8 Å². The summed E-state index contributed by atoms with van der Waals surface area (Å²) in [7, 11) is 0. The van der Waals surface area contributed by atoms with Crippen molar-refractivity contribution in [2.24, 2.45) is 0 Å². The fraction of sp³-hybridized carbons (Fsp3) is 0.960. The highest BCUT2D eigenvalue weighted by Crippen LogP contribution is 2.29. The number of carbonyl (C=O) groups is 1. The van der Waals surface area contributed by atoms with Gasteiger partial charge in [-0.2, -0.15) is 0 Å². The van der Waals surface area contributed by atoms with Gasteiger partial charge in [-0.1, -0.05) is 103 Å². The summed E-state index contributed by atoms with van der Waals surface area (Å²) in [6.45, 7) is 2.26. The zero-order valence-electron chi connectivity index (χ0n) is 19.5. The maximum Gasteiger partial charge on any atom is 0.308 e. The number of hydrogen-bond donors (Lipinski definition) is 3. The second-order valence-corrected chi connectivity index (χ2v) is 9.28. The first-order chi connectivity index (χ1) is 14.5. The Hall–Kier alpha value is -0.650. The van der Waals surface area contributed by atoms with Crippen molar-refractivity contribution in [2.75, 3.05) is 0 Å². The number of rotatable bonds is 17. The highest BCUT2D eigenvalue weighted by Gasteiger charge is 2.44. The number of aliphatic hydroxyl groups excluding tert-OH is 2. The van der Waals surface area contributed by atoms with E-state index in [0.717, 1.165) is 19.3 Å². The molecule has 0 aromatic rings. The van der Waals surface area contributed by atoms with E-state index in [0.29, 0.717) is 19.3 Å². The molecule has 1 aliphatic rings. The van der Waals surface area contributed by atoms with Gasteiger partial charge < -0.3 is 20.1 Å². The number of ether oxygens (including phenoxy) is 1. The van der Waals surface area contributed by atoms with Gasteiger partial charge in [-0.15, -0.1) is 0 Å². The minimum atomic E-state index is -1.94. The highest BCUT2D eigenvalue weighted by atomic mass is 16.7. The van der Waals surface area contributed by atoms with Crippen LogP contribution in [0.3, 0.4) is 0 Å². The summed E-state index contributed by atoms with van der Waals surface area (Å²) in [5, 5.41) is 30.3. The third-order valence-electron chi connectivity index (χ3n) is 6.39. The van der Waals surface area contributed by atoms with Crippen LogP contribution in [0.5, 0.6) is 0 Å². The molecule has 0 aliphatic heterocycles. The smallest absolute Gasteiger partial charge is 0.308 e. The molecule has 3 unspecified atom stereocenters. The number of esters is 1. The van der Waals surface area contributed by atoms with Crippen LogP contribution in [-0.4, -0.2) is 39.3 Å². The molecule has 0 bridgehead atoms. The summed E-state index contributed by atoms with van der Waals surface area (Å²) in [5.41, 5.74) is 0. The summed E-state index contributed by atoms with van der Waals surface area (Å²) < 4.78 is 5.17. The van der Waals surface area contributed by atoms with Gasteiger partial charge in [-0.25, -0.2) is 0 Å². The first-order valence-electron chi connectivity index (χ1n) is 12.8. The standard InChI is InChI=1S/C25H48O5/c1-2-3-4-5-6-7-8-9-10-11-12-13-14-15-16-20-23(27)30-25(29)21-18-17-19-22(26)24(25)28/h22,24,26,28-29H,2-21H2,1H3. The molecule has 0 heterocycles. The van der Waals surface area contributed by atoms with E-state index >= 15 is 0 Å². The summed E-state index contributed by atoms with van der Waals surface area (Å²) in [6.07, 6.45) is 18.7. The van der Waals surface area contributed by atoms with Gasteiger partial charge in [0.05, 0.1) is 6.10 Å². The van der Waals surface area contributed by atoms with Crippen molar-refractivity contribution in [1.29, 1.82) is 0 Å². The molecule has 1 rings (SSSR count). The minimum absolute atomic E-state index is 0.176. The van der Waals surface area contributed by atoms with Crippen LogP contribution in [-0.2, 0) is 9.53 Å². The molecular weight excluding hydrogens is 380 g/mol. The zero-order valence-corrected chi connectivity index (χ0v) is 19.5. The molecule has 5 nitrogen and oxygen atoms in total. The first-order valence-corrected chi connectivity index (χ1v) is 12.8.